The highest BCUT2D eigenvalue weighted by molar-refractivity contribution is 14.1. The van der Waals surface area contributed by atoms with E-state index in [-0.39, 0.29) is 33.7 Å². The summed E-state index contributed by atoms with van der Waals surface area (Å²) in [6, 6.07) is -0.119. The van der Waals surface area contributed by atoms with Gasteiger partial charge < -0.3 is 9.47 Å². The van der Waals surface area contributed by atoms with Crippen LogP contribution in [0.25, 0.3) is 0 Å². The quantitative estimate of drug-likeness (QED) is 0.527. The van der Waals surface area contributed by atoms with E-state index in [1.807, 2.05) is 6.92 Å². The number of halogens is 1. The number of nitrogens with zero attached hydrogens (tertiary/aromatic N) is 1. The standard InChI is InChI=1S/C9H14INO4S/c1-4(10)14-8-5-3-6-9(15-5)7(8)11(2)16(6,12)13/h4-9H,3H2,1-2H3. The van der Waals surface area contributed by atoms with E-state index in [1.54, 1.807) is 7.05 Å². The zero-order valence-electron chi connectivity index (χ0n) is 9.04. The van der Waals surface area contributed by atoms with Gasteiger partial charge in [-0.2, -0.15) is 4.31 Å². The van der Waals surface area contributed by atoms with Gasteiger partial charge in [-0.25, -0.2) is 8.42 Å². The maximum absolute atomic E-state index is 12.0. The van der Waals surface area contributed by atoms with Crippen LogP contribution in [0.4, 0.5) is 0 Å². The summed E-state index contributed by atoms with van der Waals surface area (Å²) in [5, 5.41) is -0.336. The normalized spacial score (nSPS) is 51.1. The summed E-state index contributed by atoms with van der Waals surface area (Å²) in [7, 11) is -1.52. The Bertz CT molecular complexity index is 412. The van der Waals surface area contributed by atoms with Gasteiger partial charge in [-0.3, -0.25) is 0 Å². The number of sulfonamides is 1. The predicted molar refractivity (Wildman–Crippen MR) is 65.9 cm³/mol. The zero-order chi connectivity index (χ0) is 11.7. The van der Waals surface area contributed by atoms with Crippen LogP contribution < -0.4 is 0 Å². The molecule has 3 aliphatic heterocycles. The van der Waals surface area contributed by atoms with E-state index < -0.39 is 10.0 Å². The minimum absolute atomic E-state index is 0.0445. The van der Waals surface area contributed by atoms with E-state index in [1.165, 1.54) is 4.31 Å². The molecular formula is C9H14INO4S. The molecule has 3 fully saturated rings. The molecule has 6 atom stereocenters. The average Bonchev–Trinajstić information content (AvgIpc) is 2.75. The van der Waals surface area contributed by atoms with Crippen molar-refractivity contribution in [2.24, 2.45) is 0 Å². The lowest BCUT2D eigenvalue weighted by atomic mass is 9.92. The van der Waals surface area contributed by atoms with E-state index >= 15 is 0 Å². The monoisotopic (exact) mass is 359 g/mol. The van der Waals surface area contributed by atoms with Gasteiger partial charge >= 0.3 is 0 Å². The van der Waals surface area contributed by atoms with Gasteiger partial charge in [0.1, 0.15) is 15.5 Å². The fourth-order valence-corrected chi connectivity index (χ4v) is 5.44. The summed E-state index contributed by atoms with van der Waals surface area (Å²) in [5.41, 5.74) is 0. The number of alkyl halides is 1. The van der Waals surface area contributed by atoms with Crippen LogP contribution in [0.5, 0.6) is 0 Å². The Morgan fingerprint density at radius 1 is 1.56 bits per heavy atom. The van der Waals surface area contributed by atoms with Crippen molar-refractivity contribution in [3.05, 3.63) is 0 Å². The van der Waals surface area contributed by atoms with E-state index in [9.17, 15) is 8.42 Å². The summed E-state index contributed by atoms with van der Waals surface area (Å²) in [5.74, 6) is 0. The van der Waals surface area contributed by atoms with E-state index in [0.29, 0.717) is 6.42 Å². The predicted octanol–water partition coefficient (Wildman–Crippen LogP) is 0.336. The van der Waals surface area contributed by atoms with Crippen LogP contribution in [0.3, 0.4) is 0 Å². The summed E-state index contributed by atoms with van der Waals surface area (Å²) in [4.78, 5) is 0. The van der Waals surface area contributed by atoms with Crippen molar-refractivity contribution in [2.75, 3.05) is 7.05 Å². The second-order valence-electron chi connectivity index (χ2n) is 4.61. The molecule has 0 amide bonds. The number of rotatable bonds is 2. The van der Waals surface area contributed by atoms with Crippen LogP contribution in [0.15, 0.2) is 0 Å². The Labute approximate surface area is 109 Å². The van der Waals surface area contributed by atoms with Gasteiger partial charge in [0.15, 0.2) is 0 Å². The molecule has 3 aliphatic rings. The van der Waals surface area contributed by atoms with E-state index in [2.05, 4.69) is 22.6 Å². The molecule has 0 radical (unpaired) electrons. The van der Waals surface area contributed by atoms with Crippen molar-refractivity contribution < 1.29 is 17.9 Å². The Morgan fingerprint density at radius 3 is 2.88 bits per heavy atom. The topological polar surface area (TPSA) is 55.8 Å². The van der Waals surface area contributed by atoms with E-state index in [0.717, 1.165) is 0 Å². The molecule has 0 saturated carbocycles. The van der Waals surface area contributed by atoms with Gasteiger partial charge in [-0.05, 0) is 13.3 Å². The molecule has 0 N–H and O–H groups in total. The number of hydrogen-bond donors (Lipinski definition) is 0. The second-order valence-corrected chi connectivity index (χ2v) is 8.57. The molecule has 0 aromatic heterocycles. The van der Waals surface area contributed by atoms with Crippen molar-refractivity contribution in [1.29, 1.82) is 0 Å². The lowest BCUT2D eigenvalue weighted by Crippen LogP contribution is -2.45. The maximum Gasteiger partial charge on any atom is 0.219 e. The molecule has 3 heterocycles. The molecule has 0 aromatic carbocycles. The first-order chi connectivity index (χ1) is 7.43. The highest BCUT2D eigenvalue weighted by Crippen LogP contribution is 2.49. The van der Waals surface area contributed by atoms with Gasteiger partial charge in [-0.15, -0.1) is 0 Å². The Balaban J connectivity index is 1.94. The Morgan fingerprint density at radius 2 is 2.25 bits per heavy atom. The molecule has 3 rings (SSSR count). The highest BCUT2D eigenvalue weighted by atomic mass is 127. The molecule has 16 heavy (non-hydrogen) atoms. The van der Waals surface area contributed by atoms with Crippen LogP contribution in [0.2, 0.25) is 0 Å². The van der Waals surface area contributed by atoms with Crippen molar-refractivity contribution in [1.82, 2.24) is 4.31 Å². The molecule has 5 nitrogen and oxygen atoms in total. The minimum Gasteiger partial charge on any atom is -0.369 e. The van der Waals surface area contributed by atoms with Crippen LogP contribution in [0, 0.1) is 0 Å². The second kappa shape index (κ2) is 3.53. The van der Waals surface area contributed by atoms with Crippen molar-refractivity contribution in [2.45, 2.75) is 47.1 Å². The van der Waals surface area contributed by atoms with Crippen molar-refractivity contribution in [3.63, 3.8) is 0 Å². The molecule has 3 saturated heterocycles. The van der Waals surface area contributed by atoms with Gasteiger partial charge in [0.05, 0.1) is 18.2 Å². The molecule has 92 valence electrons. The minimum atomic E-state index is -3.15. The number of likely N-dealkylation sites (N-methyl/N-ethyl adjacent to an activating group) is 1. The summed E-state index contributed by atoms with van der Waals surface area (Å²) in [6.45, 7) is 1.95. The lowest BCUT2D eigenvalue weighted by Gasteiger charge is -2.27. The number of fused-ring (bicyclic) bond motifs is 1. The largest absolute Gasteiger partial charge is 0.369 e. The van der Waals surface area contributed by atoms with Gasteiger partial charge in [0.25, 0.3) is 0 Å². The molecular weight excluding hydrogens is 345 g/mol. The molecule has 0 aliphatic carbocycles. The van der Waals surface area contributed by atoms with Crippen LogP contribution in [0.1, 0.15) is 13.3 Å². The third-order valence-corrected chi connectivity index (χ3v) is 6.32. The maximum atomic E-state index is 12.0. The van der Waals surface area contributed by atoms with Gasteiger partial charge in [0, 0.05) is 7.05 Å². The first kappa shape index (κ1) is 11.6. The molecule has 7 heteroatoms. The summed E-state index contributed by atoms with van der Waals surface area (Å²) >= 11 is 2.18. The third-order valence-electron chi connectivity index (χ3n) is 3.75. The van der Waals surface area contributed by atoms with Crippen LogP contribution in [-0.4, -0.2) is 53.5 Å². The lowest BCUT2D eigenvalue weighted by molar-refractivity contribution is -0.0127. The highest BCUT2D eigenvalue weighted by Gasteiger charge is 2.67. The molecule has 0 spiro atoms. The smallest absolute Gasteiger partial charge is 0.219 e. The average molecular weight is 359 g/mol. The van der Waals surface area contributed by atoms with E-state index in [4.69, 9.17) is 9.47 Å². The van der Waals surface area contributed by atoms with Gasteiger partial charge in [0.2, 0.25) is 10.0 Å². The Hall–Kier alpha value is 0.560. The fourth-order valence-electron chi connectivity index (χ4n) is 3.10. The first-order valence-corrected chi connectivity index (χ1v) is 8.09. The van der Waals surface area contributed by atoms with Crippen molar-refractivity contribution >= 4 is 32.6 Å². The Kier molecular flexibility index (Phi) is 2.57. The number of hydrogen-bond acceptors (Lipinski definition) is 4. The molecule has 2 bridgehead atoms. The first-order valence-electron chi connectivity index (χ1n) is 5.35. The zero-order valence-corrected chi connectivity index (χ0v) is 12.0. The summed E-state index contributed by atoms with van der Waals surface area (Å²) in [6.07, 6.45) is 0.259. The molecule has 0 aromatic rings. The number of ether oxygens (including phenoxy) is 2. The van der Waals surface area contributed by atoms with Crippen LogP contribution in [-0.2, 0) is 19.5 Å². The third kappa shape index (κ3) is 1.35. The molecule has 6 unspecified atom stereocenters. The van der Waals surface area contributed by atoms with Gasteiger partial charge in [-0.1, -0.05) is 22.6 Å². The SMILES string of the molecule is CC(I)OC1C2CC3C(O2)C1N(C)S3(=O)=O. The van der Waals surface area contributed by atoms with Crippen molar-refractivity contribution in [3.8, 4) is 0 Å². The fraction of sp³-hybridized carbons (Fsp3) is 1.00. The summed E-state index contributed by atoms with van der Waals surface area (Å²) < 4.78 is 37.1. The van der Waals surface area contributed by atoms with Crippen LogP contribution >= 0.6 is 22.6 Å².